The second-order valence-corrected chi connectivity index (χ2v) is 16.0. The maximum atomic E-state index is 12.6. The quantitative estimate of drug-likeness (QED) is 0.269. The lowest BCUT2D eigenvalue weighted by atomic mass is 9.97. The van der Waals surface area contributed by atoms with Crippen LogP contribution in [0.2, 0.25) is 35.7 Å². The molecule has 1 aliphatic heterocycles. The van der Waals surface area contributed by atoms with Gasteiger partial charge in [0, 0.05) is 39.1 Å². The van der Waals surface area contributed by atoms with Gasteiger partial charge in [0.1, 0.15) is 10.8 Å². The van der Waals surface area contributed by atoms with Gasteiger partial charge in [0.25, 0.3) is 0 Å². The number of carbonyl (C=O) groups excluding carboxylic acids is 1. The molecule has 158 valence electrons. The molecule has 2 aromatic rings. The van der Waals surface area contributed by atoms with Crippen LogP contribution in [0.4, 0.5) is 5.00 Å². The monoisotopic (exact) mass is 472 g/mol. The largest absolute Gasteiger partial charge is 0.467 e. The van der Waals surface area contributed by atoms with Crippen LogP contribution < -0.4 is 9.64 Å². The van der Waals surface area contributed by atoms with Gasteiger partial charge in [-0.05, 0) is 25.1 Å². The Labute approximate surface area is 186 Å². The minimum Gasteiger partial charge on any atom is -0.467 e. The first kappa shape index (κ1) is 22.6. The van der Waals surface area contributed by atoms with Crippen molar-refractivity contribution < 1.29 is 14.3 Å². The second kappa shape index (κ2) is 9.35. The molecule has 1 saturated heterocycles. The van der Waals surface area contributed by atoms with Gasteiger partial charge in [0.15, 0.2) is 6.79 Å². The third-order valence-corrected chi connectivity index (χ3v) is 8.25. The smallest absolute Gasteiger partial charge is 0.228 e. The normalized spacial score (nSPS) is 17.2. The molecule has 29 heavy (non-hydrogen) atoms. The van der Waals surface area contributed by atoms with Crippen molar-refractivity contribution >= 4 is 53.5 Å². The summed E-state index contributed by atoms with van der Waals surface area (Å²) in [6.45, 7) is 10.2. The topological polar surface area (TPSA) is 51.7 Å². The van der Waals surface area contributed by atoms with E-state index in [2.05, 4.69) is 24.6 Å². The number of ether oxygens (including phenoxy) is 2. The molecule has 1 unspecified atom stereocenters. The van der Waals surface area contributed by atoms with Crippen LogP contribution in [0.25, 0.3) is 0 Å². The van der Waals surface area contributed by atoms with Crippen LogP contribution in [0.5, 0.6) is 5.75 Å². The van der Waals surface area contributed by atoms with Gasteiger partial charge >= 0.3 is 0 Å². The number of hydrogen-bond acceptors (Lipinski definition) is 5. The predicted molar refractivity (Wildman–Crippen MR) is 123 cm³/mol. The molecule has 5 nitrogen and oxygen atoms in total. The Kier molecular flexibility index (Phi) is 7.27. The third-order valence-electron chi connectivity index (χ3n) is 4.80. The van der Waals surface area contributed by atoms with Crippen LogP contribution in [0.15, 0.2) is 18.3 Å². The summed E-state index contributed by atoms with van der Waals surface area (Å²) >= 11 is 14.3. The van der Waals surface area contributed by atoms with E-state index in [-0.39, 0.29) is 18.6 Å². The molecule has 0 N–H and O–H groups in total. The highest BCUT2D eigenvalue weighted by molar-refractivity contribution is 7.15. The Morgan fingerprint density at radius 1 is 1.31 bits per heavy atom. The van der Waals surface area contributed by atoms with E-state index in [1.165, 1.54) is 11.3 Å². The van der Waals surface area contributed by atoms with Crippen LogP contribution in [0.3, 0.4) is 0 Å². The Morgan fingerprint density at radius 3 is 2.72 bits per heavy atom. The van der Waals surface area contributed by atoms with E-state index >= 15 is 0 Å². The number of halogens is 2. The number of carbonyl (C=O) groups is 1. The number of aromatic nitrogens is 1. The zero-order valence-corrected chi connectivity index (χ0v) is 20.5. The summed E-state index contributed by atoms with van der Waals surface area (Å²) in [7, 11) is -1.15. The number of aryl methyl sites for hydroxylation is 1. The Morgan fingerprint density at radius 2 is 2.07 bits per heavy atom. The molecule has 1 aliphatic rings. The number of nitrogens with zero attached hydrogens (tertiary/aromatic N) is 2. The lowest BCUT2D eigenvalue weighted by molar-refractivity contribution is -0.117. The minimum absolute atomic E-state index is 0.0482. The molecule has 1 aromatic carbocycles. The number of thiazole rings is 1. The molecule has 0 bridgehead atoms. The lowest BCUT2D eigenvalue weighted by Gasteiger charge is -2.20. The highest BCUT2D eigenvalue weighted by Crippen LogP contribution is 2.43. The van der Waals surface area contributed by atoms with E-state index in [9.17, 15) is 4.79 Å². The summed E-state index contributed by atoms with van der Waals surface area (Å²) < 4.78 is 11.6. The van der Waals surface area contributed by atoms with Crippen molar-refractivity contribution in [2.24, 2.45) is 0 Å². The first-order chi connectivity index (χ1) is 13.7. The SMILES string of the molecule is Cc1ncc(N2CC(c3c(OCOCC[Si](C)(C)C)ccc(Cl)c3Cl)CC2=O)s1. The van der Waals surface area contributed by atoms with E-state index in [0.717, 1.165) is 21.6 Å². The zero-order valence-electron chi connectivity index (χ0n) is 17.1. The van der Waals surface area contributed by atoms with Crippen molar-refractivity contribution in [3.63, 3.8) is 0 Å². The fraction of sp³-hybridized carbons (Fsp3) is 0.500. The van der Waals surface area contributed by atoms with Crippen LogP contribution in [-0.4, -0.2) is 38.9 Å². The molecule has 0 saturated carbocycles. The minimum atomic E-state index is -1.15. The third kappa shape index (κ3) is 5.73. The number of hydrogen-bond donors (Lipinski definition) is 0. The number of amides is 1. The predicted octanol–water partition coefficient (Wildman–Crippen LogP) is 5.97. The van der Waals surface area contributed by atoms with E-state index < -0.39 is 8.07 Å². The van der Waals surface area contributed by atoms with Gasteiger partial charge in [-0.25, -0.2) is 4.98 Å². The fourth-order valence-electron chi connectivity index (χ4n) is 3.19. The highest BCUT2D eigenvalue weighted by atomic mass is 35.5. The Bertz CT molecular complexity index is 885. The van der Waals surface area contributed by atoms with Gasteiger partial charge in [0.05, 0.1) is 21.2 Å². The Hall–Kier alpha value is -1.12. The molecule has 2 heterocycles. The average Bonchev–Trinajstić information content (AvgIpc) is 3.22. The summed E-state index contributed by atoms with van der Waals surface area (Å²) in [5, 5.41) is 2.67. The van der Waals surface area contributed by atoms with Crippen molar-refractivity contribution in [2.75, 3.05) is 24.8 Å². The molecule has 9 heteroatoms. The summed E-state index contributed by atoms with van der Waals surface area (Å²) in [6.07, 6.45) is 2.09. The Balaban J connectivity index is 1.73. The van der Waals surface area contributed by atoms with Crippen LogP contribution >= 0.6 is 34.5 Å². The summed E-state index contributed by atoms with van der Waals surface area (Å²) in [4.78, 5) is 18.7. The molecular weight excluding hydrogens is 447 g/mol. The molecule has 1 atom stereocenters. The van der Waals surface area contributed by atoms with Crippen molar-refractivity contribution in [3.05, 3.63) is 38.9 Å². The molecule has 0 spiro atoms. The van der Waals surface area contributed by atoms with Crippen LogP contribution in [0.1, 0.15) is 22.9 Å². The molecule has 0 aliphatic carbocycles. The van der Waals surface area contributed by atoms with Crippen LogP contribution in [0, 0.1) is 6.92 Å². The van der Waals surface area contributed by atoms with Gasteiger partial charge in [-0.1, -0.05) is 42.8 Å². The molecule has 1 amide bonds. The first-order valence-corrected chi connectivity index (χ1v) is 14.8. The van der Waals surface area contributed by atoms with Gasteiger partial charge in [0.2, 0.25) is 5.91 Å². The van der Waals surface area contributed by atoms with E-state index in [1.54, 1.807) is 23.2 Å². The van der Waals surface area contributed by atoms with Crippen LogP contribution in [-0.2, 0) is 9.53 Å². The van der Waals surface area contributed by atoms with Gasteiger partial charge in [-0.3, -0.25) is 4.79 Å². The fourth-order valence-corrected chi connectivity index (χ4v) is 5.22. The van der Waals surface area contributed by atoms with Crippen molar-refractivity contribution in [1.82, 2.24) is 4.98 Å². The maximum Gasteiger partial charge on any atom is 0.228 e. The standard InChI is InChI=1S/C20H26Cl2N2O3SSi/c1-13-23-10-18(28-13)24-11-14(9-17(24)25)19-16(6-5-15(21)20(19)22)27-12-26-7-8-29(2,3)4/h5-6,10,14H,7-9,11-12H2,1-4H3. The molecule has 1 fully saturated rings. The van der Waals surface area contributed by atoms with Crippen molar-refractivity contribution in [2.45, 2.75) is 44.9 Å². The van der Waals surface area contributed by atoms with Crippen molar-refractivity contribution in [3.8, 4) is 5.75 Å². The maximum absolute atomic E-state index is 12.6. The summed E-state index contributed by atoms with van der Waals surface area (Å²) in [5.41, 5.74) is 0.769. The highest BCUT2D eigenvalue weighted by Gasteiger charge is 2.35. The second-order valence-electron chi connectivity index (χ2n) is 8.38. The lowest BCUT2D eigenvalue weighted by Crippen LogP contribution is -2.23. The number of benzene rings is 1. The van der Waals surface area contributed by atoms with Gasteiger partial charge < -0.3 is 14.4 Å². The average molecular weight is 473 g/mol. The number of rotatable bonds is 8. The van der Waals surface area contributed by atoms with E-state index in [0.29, 0.717) is 35.4 Å². The molecule has 1 aromatic heterocycles. The molecular formula is C20H26Cl2N2O3SSi. The molecule has 3 rings (SSSR count). The van der Waals surface area contributed by atoms with Crippen molar-refractivity contribution in [1.29, 1.82) is 0 Å². The summed E-state index contributed by atoms with van der Waals surface area (Å²) in [5.74, 6) is 0.563. The van der Waals surface area contributed by atoms with Gasteiger partial charge in [-0.2, -0.15) is 0 Å². The number of anilines is 1. The summed E-state index contributed by atoms with van der Waals surface area (Å²) in [6, 6.07) is 4.59. The molecule has 0 radical (unpaired) electrons. The zero-order chi connectivity index (χ0) is 21.2. The van der Waals surface area contributed by atoms with E-state index in [1.807, 2.05) is 6.92 Å². The first-order valence-electron chi connectivity index (χ1n) is 9.57. The van der Waals surface area contributed by atoms with E-state index in [4.69, 9.17) is 32.7 Å². The van der Waals surface area contributed by atoms with Gasteiger partial charge in [-0.15, -0.1) is 11.3 Å².